The minimum atomic E-state index is -1.32. The zero-order valence-corrected chi connectivity index (χ0v) is 5.75. The number of aldehydes is 1. The van der Waals surface area contributed by atoms with E-state index in [1.807, 2.05) is 0 Å². The van der Waals surface area contributed by atoms with Crippen molar-refractivity contribution in [2.24, 2.45) is 0 Å². The highest BCUT2D eigenvalue weighted by atomic mass is 16.5. The molecule has 5 heteroatoms. The Morgan fingerprint density at radius 2 is 1.91 bits per heavy atom. The Balaban J connectivity index is 2.58. The van der Waals surface area contributed by atoms with Gasteiger partial charge in [0.25, 0.3) is 0 Å². The van der Waals surface area contributed by atoms with E-state index in [2.05, 4.69) is 0 Å². The summed E-state index contributed by atoms with van der Waals surface area (Å²) in [5, 5.41) is 27.0. The maximum Gasteiger partial charge on any atom is 0.151 e. The molecule has 11 heavy (non-hydrogen) atoms. The molecule has 0 aromatic rings. The predicted octanol–water partition coefficient (Wildman–Crippen LogP) is -2.33. The zero-order chi connectivity index (χ0) is 8.43. The van der Waals surface area contributed by atoms with E-state index in [4.69, 9.17) is 20.1 Å². The van der Waals surface area contributed by atoms with Crippen LogP contribution in [0.4, 0.5) is 0 Å². The van der Waals surface area contributed by atoms with Crippen LogP contribution in [0.3, 0.4) is 0 Å². The van der Waals surface area contributed by atoms with Gasteiger partial charge in [-0.25, -0.2) is 0 Å². The third kappa shape index (κ3) is 1.57. The van der Waals surface area contributed by atoms with Crippen LogP contribution in [0.25, 0.3) is 0 Å². The Bertz CT molecular complexity index is 148. The van der Waals surface area contributed by atoms with Crippen molar-refractivity contribution in [2.75, 3.05) is 6.61 Å². The lowest BCUT2D eigenvalue weighted by molar-refractivity contribution is -0.184. The largest absolute Gasteiger partial charge is 0.388 e. The Hall–Kier alpha value is -0.490. The monoisotopic (exact) mass is 162 g/mol. The molecule has 1 saturated heterocycles. The van der Waals surface area contributed by atoms with E-state index in [0.29, 0.717) is 6.29 Å². The van der Waals surface area contributed by atoms with Crippen molar-refractivity contribution in [3.8, 4) is 0 Å². The van der Waals surface area contributed by atoms with Crippen molar-refractivity contribution in [3.05, 3.63) is 0 Å². The van der Waals surface area contributed by atoms with E-state index in [1.165, 1.54) is 0 Å². The van der Waals surface area contributed by atoms with Gasteiger partial charge in [0.1, 0.15) is 24.4 Å². The number of aliphatic hydroxyl groups is 3. The molecule has 1 aliphatic heterocycles. The van der Waals surface area contributed by atoms with Gasteiger partial charge in [0, 0.05) is 0 Å². The average Bonchev–Trinajstić information content (AvgIpc) is 2.01. The molecule has 1 aliphatic rings. The number of hydrogen-bond acceptors (Lipinski definition) is 5. The first-order valence-electron chi connectivity index (χ1n) is 3.28. The molecule has 0 aromatic heterocycles. The second-order valence-corrected chi connectivity index (χ2v) is 2.48. The lowest BCUT2D eigenvalue weighted by atomic mass is 10.0. The molecule has 0 saturated carbocycles. The van der Waals surface area contributed by atoms with Crippen LogP contribution in [-0.2, 0) is 9.53 Å². The SMILES string of the molecule is O=C[C@H]1OC[C@@H](O)[C@@H](O)[C@@H]1O. The molecule has 0 amide bonds. The number of hydrogen-bond donors (Lipinski definition) is 3. The Labute approximate surface area is 63.2 Å². The van der Waals surface area contributed by atoms with Gasteiger partial charge in [-0.1, -0.05) is 0 Å². The van der Waals surface area contributed by atoms with Gasteiger partial charge >= 0.3 is 0 Å². The molecule has 0 unspecified atom stereocenters. The van der Waals surface area contributed by atoms with E-state index in [1.54, 1.807) is 0 Å². The first-order valence-corrected chi connectivity index (χ1v) is 3.28. The minimum absolute atomic E-state index is 0.123. The maximum absolute atomic E-state index is 10.1. The molecular weight excluding hydrogens is 152 g/mol. The number of rotatable bonds is 1. The highest BCUT2D eigenvalue weighted by Gasteiger charge is 2.36. The van der Waals surface area contributed by atoms with Crippen LogP contribution in [0.1, 0.15) is 0 Å². The summed E-state index contributed by atoms with van der Waals surface area (Å²) in [4.78, 5) is 10.1. The van der Waals surface area contributed by atoms with Crippen LogP contribution in [0.15, 0.2) is 0 Å². The lowest BCUT2D eigenvalue weighted by Crippen LogP contribution is -2.53. The van der Waals surface area contributed by atoms with Crippen LogP contribution in [0, 0.1) is 0 Å². The summed E-state index contributed by atoms with van der Waals surface area (Å²) in [6.45, 7) is -0.123. The molecule has 0 aromatic carbocycles. The number of ether oxygens (including phenoxy) is 1. The molecule has 64 valence electrons. The van der Waals surface area contributed by atoms with Crippen LogP contribution in [0.5, 0.6) is 0 Å². The smallest absolute Gasteiger partial charge is 0.151 e. The normalized spacial score (nSPS) is 45.4. The highest BCUT2D eigenvalue weighted by Crippen LogP contribution is 2.13. The maximum atomic E-state index is 10.1. The fraction of sp³-hybridized carbons (Fsp3) is 0.833. The summed E-state index contributed by atoms with van der Waals surface area (Å²) >= 11 is 0. The van der Waals surface area contributed by atoms with Crippen LogP contribution >= 0.6 is 0 Å². The summed E-state index contributed by atoms with van der Waals surface area (Å²) in [6, 6.07) is 0. The quantitative estimate of drug-likeness (QED) is 0.376. The zero-order valence-electron chi connectivity index (χ0n) is 5.75. The Kier molecular flexibility index (Phi) is 2.56. The van der Waals surface area contributed by atoms with Crippen molar-refractivity contribution in [1.29, 1.82) is 0 Å². The average molecular weight is 162 g/mol. The molecule has 5 nitrogen and oxygen atoms in total. The van der Waals surface area contributed by atoms with Gasteiger partial charge in [0.15, 0.2) is 6.29 Å². The minimum Gasteiger partial charge on any atom is -0.388 e. The summed E-state index contributed by atoms with van der Waals surface area (Å²) in [5.74, 6) is 0. The molecular formula is C6H10O5. The molecule has 0 spiro atoms. The molecule has 1 fully saturated rings. The fourth-order valence-electron chi connectivity index (χ4n) is 0.949. The van der Waals surface area contributed by atoms with Gasteiger partial charge in [0.05, 0.1) is 6.61 Å². The standard InChI is InChI=1S/C6H10O5/c7-1-4-6(10)5(9)3(8)2-11-4/h1,3-6,8-10H,2H2/t3-,4-,5-,6-/m1/s1. The first-order chi connectivity index (χ1) is 5.16. The van der Waals surface area contributed by atoms with Crippen molar-refractivity contribution in [3.63, 3.8) is 0 Å². The van der Waals surface area contributed by atoms with E-state index in [-0.39, 0.29) is 6.61 Å². The van der Waals surface area contributed by atoms with E-state index < -0.39 is 24.4 Å². The van der Waals surface area contributed by atoms with Gasteiger partial charge in [0.2, 0.25) is 0 Å². The van der Waals surface area contributed by atoms with Gasteiger partial charge in [-0.05, 0) is 0 Å². The van der Waals surface area contributed by atoms with Gasteiger partial charge < -0.3 is 24.9 Å². The first kappa shape index (κ1) is 8.61. The van der Waals surface area contributed by atoms with Crippen LogP contribution < -0.4 is 0 Å². The second kappa shape index (κ2) is 3.27. The molecule has 1 rings (SSSR count). The topological polar surface area (TPSA) is 87.0 Å². The molecule has 4 atom stereocenters. The molecule has 0 radical (unpaired) electrons. The number of carbonyl (C=O) groups excluding carboxylic acids is 1. The van der Waals surface area contributed by atoms with Crippen molar-refractivity contribution >= 4 is 6.29 Å². The second-order valence-electron chi connectivity index (χ2n) is 2.48. The van der Waals surface area contributed by atoms with Gasteiger partial charge in [-0.2, -0.15) is 0 Å². The predicted molar refractivity (Wildman–Crippen MR) is 33.8 cm³/mol. The van der Waals surface area contributed by atoms with E-state index in [9.17, 15) is 4.79 Å². The Morgan fingerprint density at radius 3 is 2.45 bits per heavy atom. The summed E-state index contributed by atoms with van der Waals surface area (Å²) in [6.07, 6.45) is -4.34. The fourth-order valence-corrected chi connectivity index (χ4v) is 0.949. The van der Waals surface area contributed by atoms with Gasteiger partial charge in [-0.15, -0.1) is 0 Å². The van der Waals surface area contributed by atoms with Crippen molar-refractivity contribution < 1.29 is 24.9 Å². The third-order valence-electron chi connectivity index (χ3n) is 1.67. The summed E-state index contributed by atoms with van der Waals surface area (Å²) < 4.78 is 4.69. The van der Waals surface area contributed by atoms with E-state index in [0.717, 1.165) is 0 Å². The number of carbonyl (C=O) groups is 1. The molecule has 0 aliphatic carbocycles. The number of aliphatic hydroxyl groups excluding tert-OH is 3. The highest BCUT2D eigenvalue weighted by molar-refractivity contribution is 5.57. The van der Waals surface area contributed by atoms with Crippen molar-refractivity contribution in [1.82, 2.24) is 0 Å². The van der Waals surface area contributed by atoms with E-state index >= 15 is 0 Å². The van der Waals surface area contributed by atoms with Crippen molar-refractivity contribution in [2.45, 2.75) is 24.4 Å². The third-order valence-corrected chi connectivity index (χ3v) is 1.67. The molecule has 0 bridgehead atoms. The molecule has 3 N–H and O–H groups in total. The lowest BCUT2D eigenvalue weighted by Gasteiger charge is -2.32. The van der Waals surface area contributed by atoms with Gasteiger partial charge in [-0.3, -0.25) is 0 Å². The summed E-state index contributed by atoms with van der Waals surface area (Å²) in [5.41, 5.74) is 0. The Morgan fingerprint density at radius 1 is 1.27 bits per heavy atom. The molecule has 1 heterocycles. The summed E-state index contributed by atoms with van der Waals surface area (Å²) in [7, 11) is 0. The van der Waals surface area contributed by atoms with Crippen LogP contribution in [0.2, 0.25) is 0 Å². The van der Waals surface area contributed by atoms with Crippen LogP contribution in [-0.4, -0.2) is 52.6 Å².